The first-order valence-electron chi connectivity index (χ1n) is 3.94. The molecule has 0 aromatic heterocycles. The van der Waals surface area contributed by atoms with E-state index in [-0.39, 0.29) is 21.1 Å². The lowest BCUT2D eigenvalue weighted by Gasteiger charge is -2.00. The number of fused-ring (bicyclic) bond motifs is 1. The highest BCUT2D eigenvalue weighted by Crippen LogP contribution is 2.22. The second-order valence-corrected chi connectivity index (χ2v) is 3.76. The van der Waals surface area contributed by atoms with E-state index in [4.69, 9.17) is 3.07 Å². The Morgan fingerprint density at radius 2 is 1.77 bits per heavy atom. The van der Waals surface area contributed by atoms with Crippen molar-refractivity contribution in [3.8, 4) is 5.75 Å². The Hall–Kier alpha value is -0.900. The first-order valence-corrected chi connectivity index (χ1v) is 6.35. The molecule has 2 rings (SSSR count). The Morgan fingerprint density at radius 1 is 1.00 bits per heavy atom. The molecule has 0 heterocycles. The SMILES string of the molecule is C=IOc1ccc2ccccc2c1. The van der Waals surface area contributed by atoms with Gasteiger partial charge in [0.1, 0.15) is 26.9 Å². The zero-order chi connectivity index (χ0) is 9.10. The molecule has 0 amide bonds. The molecule has 0 unspecified atom stereocenters. The normalized spacial score (nSPS) is 10.2. The van der Waals surface area contributed by atoms with Gasteiger partial charge in [-0.25, -0.2) is 0 Å². The molecule has 13 heavy (non-hydrogen) atoms. The van der Waals surface area contributed by atoms with Crippen molar-refractivity contribution in [2.75, 3.05) is 0 Å². The molecule has 1 nitrogen and oxygen atoms in total. The van der Waals surface area contributed by atoms with Gasteiger partial charge in [-0.2, -0.15) is 0 Å². The maximum absolute atomic E-state index is 5.41. The molecule has 2 aromatic rings. The second-order valence-electron chi connectivity index (χ2n) is 2.70. The van der Waals surface area contributed by atoms with Crippen LogP contribution >= 0.6 is 21.1 Å². The molecule has 0 radical (unpaired) electrons. The first kappa shape index (κ1) is 8.69. The summed E-state index contributed by atoms with van der Waals surface area (Å²) in [5.41, 5.74) is 0. The largest absolute Gasteiger partial charge is 0.436 e. The van der Waals surface area contributed by atoms with Crippen LogP contribution < -0.4 is 3.07 Å². The van der Waals surface area contributed by atoms with Crippen LogP contribution in [-0.2, 0) is 0 Å². The fourth-order valence-electron chi connectivity index (χ4n) is 1.28. The van der Waals surface area contributed by atoms with Gasteiger partial charge in [-0.15, -0.1) is 0 Å². The summed E-state index contributed by atoms with van der Waals surface area (Å²) < 4.78 is 9.16. The number of hydrogen-bond acceptors (Lipinski definition) is 1. The van der Waals surface area contributed by atoms with Crippen LogP contribution in [0.1, 0.15) is 0 Å². The first-order chi connectivity index (χ1) is 6.40. The number of rotatable bonds is 2. The number of benzene rings is 2. The summed E-state index contributed by atoms with van der Waals surface area (Å²) in [6, 6.07) is 14.4. The molecule has 0 aliphatic carbocycles. The molecule has 0 fully saturated rings. The molecule has 0 saturated heterocycles. The van der Waals surface area contributed by atoms with Gasteiger partial charge in [0.15, 0.2) is 0 Å². The summed E-state index contributed by atoms with van der Waals surface area (Å²) >= 11 is -0.378. The fourth-order valence-corrected chi connectivity index (χ4v) is 1.91. The molecule has 2 heteroatoms. The third-order valence-corrected chi connectivity index (χ3v) is 2.68. The van der Waals surface area contributed by atoms with E-state index in [1.54, 1.807) is 0 Å². The van der Waals surface area contributed by atoms with E-state index in [1.807, 2.05) is 18.2 Å². The van der Waals surface area contributed by atoms with E-state index >= 15 is 0 Å². The van der Waals surface area contributed by atoms with Crippen LogP contribution in [0.2, 0.25) is 0 Å². The van der Waals surface area contributed by atoms with E-state index in [9.17, 15) is 0 Å². The lowest BCUT2D eigenvalue weighted by Crippen LogP contribution is -1.75. The third kappa shape index (κ3) is 1.88. The molecule has 2 aromatic carbocycles. The van der Waals surface area contributed by atoms with Gasteiger partial charge in [0.05, 0.1) is 0 Å². The third-order valence-electron chi connectivity index (χ3n) is 1.86. The van der Waals surface area contributed by atoms with Gasteiger partial charge in [0, 0.05) is 0 Å². The average molecular weight is 284 g/mol. The Labute approximate surface area is 87.6 Å². The second kappa shape index (κ2) is 3.87. The minimum absolute atomic E-state index is 0.378. The van der Waals surface area contributed by atoms with Gasteiger partial charge in [-0.3, -0.25) is 0 Å². The van der Waals surface area contributed by atoms with Gasteiger partial charge in [-0.1, -0.05) is 30.3 Å². The monoisotopic (exact) mass is 284 g/mol. The minimum atomic E-state index is -0.378. The van der Waals surface area contributed by atoms with E-state index in [2.05, 4.69) is 28.8 Å². The molecule has 66 valence electrons. The maximum atomic E-state index is 5.41. The van der Waals surface area contributed by atoms with Crippen molar-refractivity contribution in [3.05, 3.63) is 42.5 Å². The Kier molecular flexibility index (Phi) is 2.59. The molecule has 0 saturated carbocycles. The molecule has 0 bridgehead atoms. The van der Waals surface area contributed by atoms with E-state index in [0.29, 0.717) is 0 Å². The Balaban J connectivity index is 2.55. The van der Waals surface area contributed by atoms with Gasteiger partial charge >= 0.3 is 0 Å². The topological polar surface area (TPSA) is 9.23 Å². The smallest absolute Gasteiger partial charge is 0.133 e. The van der Waals surface area contributed by atoms with Crippen LogP contribution in [0.3, 0.4) is 0 Å². The molecule has 0 atom stereocenters. The minimum Gasteiger partial charge on any atom is -0.436 e. The zero-order valence-electron chi connectivity index (χ0n) is 7.03. The highest BCUT2D eigenvalue weighted by atomic mass is 127. The van der Waals surface area contributed by atoms with Crippen molar-refractivity contribution in [2.45, 2.75) is 0 Å². The number of halogens is 1. The highest BCUT2D eigenvalue weighted by Gasteiger charge is 1.94. The maximum Gasteiger partial charge on any atom is 0.133 e. The Bertz CT molecular complexity index is 437. The van der Waals surface area contributed by atoms with Crippen LogP contribution in [-0.4, -0.2) is 4.51 Å². The van der Waals surface area contributed by atoms with Crippen LogP contribution in [0, 0.1) is 0 Å². The van der Waals surface area contributed by atoms with Crippen LogP contribution in [0.4, 0.5) is 0 Å². The Morgan fingerprint density at radius 3 is 2.54 bits per heavy atom. The predicted octanol–water partition coefficient (Wildman–Crippen LogP) is 3.54. The summed E-state index contributed by atoms with van der Waals surface area (Å²) in [5.74, 6) is 0.932. The zero-order valence-corrected chi connectivity index (χ0v) is 9.19. The molecular weight excluding hydrogens is 275 g/mol. The highest BCUT2D eigenvalue weighted by molar-refractivity contribution is 14.2. The summed E-state index contributed by atoms with van der Waals surface area (Å²) in [5, 5.41) is 2.47. The van der Waals surface area contributed by atoms with Gasteiger partial charge in [0.2, 0.25) is 0 Å². The van der Waals surface area contributed by atoms with Crippen molar-refractivity contribution >= 4 is 36.4 Å². The van der Waals surface area contributed by atoms with Gasteiger partial charge in [-0.05, 0) is 27.4 Å². The average Bonchev–Trinajstić information content (AvgIpc) is 2.18. The molecule has 0 spiro atoms. The lowest BCUT2D eigenvalue weighted by molar-refractivity contribution is 0.718. The van der Waals surface area contributed by atoms with Crippen LogP contribution in [0.5, 0.6) is 5.75 Å². The molecular formula is C11H9IO. The van der Waals surface area contributed by atoms with Gasteiger partial charge < -0.3 is 3.07 Å². The van der Waals surface area contributed by atoms with Crippen molar-refractivity contribution in [1.29, 1.82) is 0 Å². The molecule has 0 aliphatic heterocycles. The summed E-state index contributed by atoms with van der Waals surface area (Å²) in [6.07, 6.45) is 0. The van der Waals surface area contributed by atoms with Crippen molar-refractivity contribution in [3.63, 3.8) is 0 Å². The van der Waals surface area contributed by atoms with Crippen molar-refractivity contribution in [1.82, 2.24) is 0 Å². The quantitative estimate of drug-likeness (QED) is 0.766. The predicted molar refractivity (Wildman–Crippen MR) is 65.7 cm³/mol. The number of hydrogen-bond donors (Lipinski definition) is 0. The fraction of sp³-hybridized carbons (Fsp3) is 0. The standard InChI is InChI=1S/C11H9IO/c1-12-13-11-7-6-9-4-2-3-5-10(9)8-11/h2-8H,1H2. The van der Waals surface area contributed by atoms with E-state index < -0.39 is 0 Å². The molecule has 0 N–H and O–H groups in total. The van der Waals surface area contributed by atoms with Crippen molar-refractivity contribution < 1.29 is 3.07 Å². The van der Waals surface area contributed by atoms with Crippen LogP contribution in [0.25, 0.3) is 10.8 Å². The van der Waals surface area contributed by atoms with Crippen molar-refractivity contribution in [2.24, 2.45) is 0 Å². The van der Waals surface area contributed by atoms with E-state index in [0.717, 1.165) is 5.75 Å². The van der Waals surface area contributed by atoms with E-state index in [1.165, 1.54) is 10.8 Å². The lowest BCUT2D eigenvalue weighted by atomic mass is 10.1. The summed E-state index contributed by atoms with van der Waals surface area (Å²) in [4.78, 5) is 0. The summed E-state index contributed by atoms with van der Waals surface area (Å²) in [7, 11) is 0. The van der Waals surface area contributed by atoms with Gasteiger partial charge in [0.25, 0.3) is 0 Å². The molecule has 0 aliphatic rings. The van der Waals surface area contributed by atoms with Crippen LogP contribution in [0.15, 0.2) is 42.5 Å². The summed E-state index contributed by atoms with van der Waals surface area (Å²) in [6.45, 7) is 0.